The lowest BCUT2D eigenvalue weighted by Crippen LogP contribution is -2.25. The van der Waals surface area contributed by atoms with Gasteiger partial charge in [-0.25, -0.2) is 0 Å². The lowest BCUT2D eigenvalue weighted by atomic mass is 10.1. The molecule has 0 aromatic heterocycles. The number of halogens is 1. The minimum atomic E-state index is 0.0848. The van der Waals surface area contributed by atoms with Crippen molar-refractivity contribution >= 4 is 17.5 Å². The van der Waals surface area contributed by atoms with Gasteiger partial charge in [0.2, 0.25) is 5.91 Å². The second-order valence-corrected chi connectivity index (χ2v) is 8.05. The number of carbonyl (C=O) groups is 1. The van der Waals surface area contributed by atoms with Crippen LogP contribution in [0.5, 0.6) is 0 Å². The second kappa shape index (κ2) is 21.3. The molecule has 0 aliphatic carbocycles. The van der Waals surface area contributed by atoms with Crippen LogP contribution >= 0.6 is 11.6 Å². The molecule has 0 saturated heterocycles. The summed E-state index contributed by atoms with van der Waals surface area (Å²) in [7, 11) is 0. The summed E-state index contributed by atoms with van der Waals surface area (Å²) in [4.78, 5) is 11.9. The van der Waals surface area contributed by atoms with Crippen LogP contribution in [0, 0.1) is 0 Å². The van der Waals surface area contributed by atoms with Crippen LogP contribution in [-0.4, -0.2) is 12.5 Å². The summed E-state index contributed by atoms with van der Waals surface area (Å²) in [6.07, 6.45) is 34.2. The number of nitrogens with one attached hydrogen (secondary N) is 1. The fourth-order valence-corrected chi connectivity index (χ4v) is 3.21. The van der Waals surface area contributed by atoms with E-state index in [0.29, 0.717) is 13.0 Å². The Hall–Kier alpha value is -2.58. The maximum atomic E-state index is 11.9. The third kappa shape index (κ3) is 17.6. The van der Waals surface area contributed by atoms with E-state index in [0.717, 1.165) is 62.0 Å². The van der Waals surface area contributed by atoms with E-state index < -0.39 is 0 Å². The Kier molecular flexibility index (Phi) is 18.3. The van der Waals surface area contributed by atoms with E-state index in [9.17, 15) is 4.79 Å². The van der Waals surface area contributed by atoms with Crippen molar-refractivity contribution in [2.75, 3.05) is 6.54 Å². The van der Waals surface area contributed by atoms with Gasteiger partial charge in [-0.15, -0.1) is 0 Å². The second-order valence-electron chi connectivity index (χ2n) is 7.65. The van der Waals surface area contributed by atoms with Crippen LogP contribution in [0.25, 0.3) is 0 Å². The van der Waals surface area contributed by atoms with E-state index in [-0.39, 0.29) is 5.91 Å². The van der Waals surface area contributed by atoms with Gasteiger partial charge in [-0.05, 0) is 63.0 Å². The van der Waals surface area contributed by atoms with Crippen molar-refractivity contribution in [2.45, 2.75) is 64.7 Å². The molecule has 0 atom stereocenters. The Bertz CT molecular complexity index is 814. The molecule has 0 fully saturated rings. The number of carbonyl (C=O) groups excluding carboxylic acids is 1. The molecule has 178 valence electrons. The standard InChI is InChI=1S/C30H40ClNO/c1-2-3-4-5-6-7-8-9-10-11-12-13-14-15-16-17-18-19-20-25-30(33)32-27-26-28-23-21-22-24-29(28)31/h3-4,6-7,9-10,12-13,15-16,18-19,21-24H,2,5,8,11,14,17,20,25-27H2,1H3,(H,32,33)/b4-3-,7-6-,10-9-,13-12-,16-15-,19-18-. The van der Waals surface area contributed by atoms with Crippen LogP contribution in [0.1, 0.15) is 63.9 Å². The molecule has 0 aliphatic heterocycles. The Morgan fingerprint density at radius 2 is 1.24 bits per heavy atom. The highest BCUT2D eigenvalue weighted by Crippen LogP contribution is 2.14. The van der Waals surface area contributed by atoms with E-state index in [4.69, 9.17) is 11.6 Å². The van der Waals surface area contributed by atoms with Crippen molar-refractivity contribution in [3.05, 3.63) is 108 Å². The molecule has 33 heavy (non-hydrogen) atoms. The van der Waals surface area contributed by atoms with E-state index in [1.165, 1.54) is 0 Å². The maximum Gasteiger partial charge on any atom is 0.220 e. The summed E-state index contributed by atoms with van der Waals surface area (Å²) in [5.41, 5.74) is 1.07. The van der Waals surface area contributed by atoms with Crippen LogP contribution in [0.4, 0.5) is 0 Å². The third-order valence-corrected chi connectivity index (χ3v) is 5.18. The van der Waals surface area contributed by atoms with Crippen molar-refractivity contribution in [2.24, 2.45) is 0 Å². The average Bonchev–Trinajstić information content (AvgIpc) is 2.82. The number of benzene rings is 1. The number of hydrogen-bond donors (Lipinski definition) is 1. The van der Waals surface area contributed by atoms with Gasteiger partial charge >= 0.3 is 0 Å². The Labute approximate surface area is 206 Å². The van der Waals surface area contributed by atoms with Crippen molar-refractivity contribution in [1.29, 1.82) is 0 Å². The maximum absolute atomic E-state index is 11.9. The lowest BCUT2D eigenvalue weighted by Gasteiger charge is -2.05. The zero-order valence-electron chi connectivity index (χ0n) is 20.1. The summed E-state index contributed by atoms with van der Waals surface area (Å²) >= 11 is 6.12. The first kappa shape index (κ1) is 28.5. The molecule has 0 aliphatic rings. The SMILES string of the molecule is CC/C=C\C/C=C\C/C=C\C/C=C\C/C=C\C/C=C\CCC(=O)NCCc1ccccc1Cl. The van der Waals surface area contributed by atoms with Crippen LogP contribution in [0.2, 0.25) is 5.02 Å². The molecule has 1 rings (SSSR count). The highest BCUT2D eigenvalue weighted by molar-refractivity contribution is 6.31. The van der Waals surface area contributed by atoms with Crippen molar-refractivity contribution < 1.29 is 4.79 Å². The summed E-state index contributed by atoms with van der Waals surface area (Å²) in [6.45, 7) is 2.77. The van der Waals surface area contributed by atoms with Gasteiger partial charge in [-0.1, -0.05) is 110 Å². The van der Waals surface area contributed by atoms with Crippen LogP contribution in [0.3, 0.4) is 0 Å². The Morgan fingerprint density at radius 1 is 0.758 bits per heavy atom. The molecular weight excluding hydrogens is 426 g/mol. The van der Waals surface area contributed by atoms with Crippen LogP contribution in [-0.2, 0) is 11.2 Å². The molecule has 1 aromatic rings. The number of rotatable bonds is 17. The minimum Gasteiger partial charge on any atom is -0.356 e. The van der Waals surface area contributed by atoms with E-state index in [1.807, 2.05) is 24.3 Å². The molecule has 1 aromatic carbocycles. The van der Waals surface area contributed by atoms with Gasteiger partial charge in [-0.2, -0.15) is 0 Å². The Morgan fingerprint density at radius 3 is 1.76 bits per heavy atom. The van der Waals surface area contributed by atoms with Crippen LogP contribution in [0.15, 0.2) is 97.2 Å². The largest absolute Gasteiger partial charge is 0.356 e. The van der Waals surface area contributed by atoms with Gasteiger partial charge < -0.3 is 5.32 Å². The van der Waals surface area contributed by atoms with E-state index in [1.54, 1.807) is 0 Å². The molecule has 2 nitrogen and oxygen atoms in total. The molecule has 0 spiro atoms. The number of hydrogen-bond acceptors (Lipinski definition) is 1. The highest BCUT2D eigenvalue weighted by Gasteiger charge is 2.01. The molecular formula is C30H40ClNO. The summed E-state index contributed by atoms with van der Waals surface area (Å²) in [5, 5.41) is 3.71. The van der Waals surface area contributed by atoms with Crippen molar-refractivity contribution in [1.82, 2.24) is 5.32 Å². The molecule has 0 radical (unpaired) electrons. The number of amides is 1. The zero-order chi connectivity index (χ0) is 23.8. The normalized spacial score (nSPS) is 12.5. The predicted molar refractivity (Wildman–Crippen MR) is 146 cm³/mol. The first-order valence-corrected chi connectivity index (χ1v) is 12.5. The van der Waals surface area contributed by atoms with Crippen molar-refractivity contribution in [3.8, 4) is 0 Å². The van der Waals surface area contributed by atoms with Gasteiger partial charge in [0.25, 0.3) is 0 Å². The molecule has 1 N–H and O–H groups in total. The quantitative estimate of drug-likeness (QED) is 0.229. The van der Waals surface area contributed by atoms with Gasteiger partial charge in [-0.3, -0.25) is 4.79 Å². The van der Waals surface area contributed by atoms with E-state index >= 15 is 0 Å². The molecule has 0 unspecified atom stereocenters. The monoisotopic (exact) mass is 465 g/mol. The summed E-state index contributed by atoms with van der Waals surface area (Å²) in [5.74, 6) is 0.0848. The minimum absolute atomic E-state index is 0.0848. The van der Waals surface area contributed by atoms with Gasteiger partial charge in [0.05, 0.1) is 0 Å². The lowest BCUT2D eigenvalue weighted by molar-refractivity contribution is -0.120. The molecule has 1 amide bonds. The summed E-state index contributed by atoms with van der Waals surface area (Å²) < 4.78 is 0. The first-order valence-electron chi connectivity index (χ1n) is 12.1. The molecule has 3 heteroatoms. The predicted octanol–water partition coefficient (Wildman–Crippen LogP) is 8.48. The topological polar surface area (TPSA) is 29.1 Å². The zero-order valence-corrected chi connectivity index (χ0v) is 20.9. The number of allylic oxidation sites excluding steroid dienone is 12. The Balaban J connectivity index is 1.98. The molecule has 0 saturated carbocycles. The van der Waals surface area contributed by atoms with Gasteiger partial charge in [0, 0.05) is 18.0 Å². The van der Waals surface area contributed by atoms with Gasteiger partial charge in [0.15, 0.2) is 0 Å². The van der Waals surface area contributed by atoms with Crippen molar-refractivity contribution in [3.63, 3.8) is 0 Å². The summed E-state index contributed by atoms with van der Waals surface area (Å²) in [6, 6.07) is 7.74. The highest BCUT2D eigenvalue weighted by atomic mass is 35.5. The molecule has 0 heterocycles. The first-order chi connectivity index (χ1) is 16.2. The fraction of sp³-hybridized carbons (Fsp3) is 0.367. The third-order valence-electron chi connectivity index (χ3n) is 4.81. The molecule has 0 bridgehead atoms. The van der Waals surface area contributed by atoms with Crippen LogP contribution < -0.4 is 5.32 Å². The smallest absolute Gasteiger partial charge is 0.220 e. The fourth-order valence-electron chi connectivity index (χ4n) is 2.98. The van der Waals surface area contributed by atoms with Gasteiger partial charge in [0.1, 0.15) is 0 Å². The van der Waals surface area contributed by atoms with E-state index in [2.05, 4.69) is 85.2 Å². The average molecular weight is 466 g/mol.